The molecule has 0 atom stereocenters. The van der Waals surface area contributed by atoms with Crippen LogP contribution in [0.4, 0.5) is 0 Å². The van der Waals surface area contributed by atoms with Crippen molar-refractivity contribution in [3.8, 4) is 0 Å². The SMILES string of the molecule is [Br-].[CH2-]CCCCCCCCCCCCCCCCCCC.[Mg+2]. The summed E-state index contributed by atoms with van der Waals surface area (Å²) in [7, 11) is 0. The van der Waals surface area contributed by atoms with Crippen LogP contribution in [0.1, 0.15) is 122 Å². The van der Waals surface area contributed by atoms with E-state index in [0.717, 1.165) is 6.42 Å². The smallest absolute Gasteiger partial charge is 1.00 e. The molecule has 0 aromatic carbocycles. The summed E-state index contributed by atoms with van der Waals surface area (Å²) in [4.78, 5) is 0. The normalized spacial score (nSPS) is 10.1. The van der Waals surface area contributed by atoms with Gasteiger partial charge in [-0.2, -0.15) is 6.42 Å². The van der Waals surface area contributed by atoms with E-state index in [-0.39, 0.29) is 40.0 Å². The molecule has 0 aromatic rings. The van der Waals surface area contributed by atoms with Crippen LogP contribution in [0, 0.1) is 6.92 Å². The number of hydrogen-bond donors (Lipinski definition) is 0. The van der Waals surface area contributed by atoms with Gasteiger partial charge in [0.25, 0.3) is 0 Å². The number of hydrogen-bond acceptors (Lipinski definition) is 0. The average Bonchev–Trinajstić information content (AvgIpc) is 2.47. The molecule has 0 aliphatic heterocycles. The molecule has 0 spiro atoms. The standard InChI is InChI=1S/C20H41.BrH.Mg/c1-3-5-7-9-11-13-15-17-19-20-18-16-14-12-10-8-6-4-2;;/h1,3-20H2,2H3;1H;/q-1;;+2/p-1. The van der Waals surface area contributed by atoms with Gasteiger partial charge in [-0.3, -0.25) is 0 Å². The van der Waals surface area contributed by atoms with E-state index in [1.807, 2.05) is 0 Å². The van der Waals surface area contributed by atoms with Crippen molar-refractivity contribution in [2.75, 3.05) is 0 Å². The Bertz CT molecular complexity index is 144. The second-order valence-electron chi connectivity index (χ2n) is 6.51. The fourth-order valence-corrected chi connectivity index (χ4v) is 2.90. The maximum atomic E-state index is 3.89. The topological polar surface area (TPSA) is 0 Å². The van der Waals surface area contributed by atoms with Crippen LogP contribution in [0.2, 0.25) is 0 Å². The minimum atomic E-state index is 0. The summed E-state index contributed by atoms with van der Waals surface area (Å²) in [6.07, 6.45) is 25.8. The molecule has 0 saturated carbocycles. The molecule has 0 aliphatic carbocycles. The fourth-order valence-electron chi connectivity index (χ4n) is 2.90. The number of unbranched alkanes of at least 4 members (excludes halogenated alkanes) is 17. The predicted molar refractivity (Wildman–Crippen MR) is 99.9 cm³/mol. The molecule has 0 amide bonds. The molecule has 0 radical (unpaired) electrons. The maximum absolute atomic E-state index is 3.89. The minimum absolute atomic E-state index is 0. The van der Waals surface area contributed by atoms with Crippen LogP contribution < -0.4 is 17.0 Å². The van der Waals surface area contributed by atoms with Crippen molar-refractivity contribution >= 4 is 23.1 Å². The third-order valence-corrected chi connectivity index (χ3v) is 4.35. The van der Waals surface area contributed by atoms with Gasteiger partial charge in [0, 0.05) is 0 Å². The Morgan fingerprint density at radius 2 is 0.682 bits per heavy atom. The van der Waals surface area contributed by atoms with E-state index >= 15 is 0 Å². The van der Waals surface area contributed by atoms with E-state index in [0.29, 0.717) is 0 Å². The van der Waals surface area contributed by atoms with Crippen molar-refractivity contribution in [1.29, 1.82) is 0 Å². The Hall–Kier alpha value is 1.25. The van der Waals surface area contributed by atoms with E-state index in [1.165, 1.54) is 109 Å². The summed E-state index contributed by atoms with van der Waals surface area (Å²) < 4.78 is 0. The van der Waals surface area contributed by atoms with Crippen LogP contribution in [0.3, 0.4) is 0 Å². The molecule has 0 rings (SSSR count). The van der Waals surface area contributed by atoms with Crippen LogP contribution in [-0.4, -0.2) is 23.1 Å². The first-order valence-corrected chi connectivity index (χ1v) is 9.71. The first-order chi connectivity index (χ1) is 9.91. The van der Waals surface area contributed by atoms with E-state index in [4.69, 9.17) is 0 Å². The molecule has 0 aliphatic rings. The van der Waals surface area contributed by atoms with Gasteiger partial charge in [0.1, 0.15) is 0 Å². The Morgan fingerprint density at radius 1 is 0.455 bits per heavy atom. The van der Waals surface area contributed by atoms with Crippen LogP contribution in [0.25, 0.3) is 0 Å². The fraction of sp³-hybridized carbons (Fsp3) is 0.950. The van der Waals surface area contributed by atoms with Crippen molar-refractivity contribution in [3.05, 3.63) is 6.92 Å². The molecule has 0 heterocycles. The molecule has 0 aromatic heterocycles. The molecule has 130 valence electrons. The van der Waals surface area contributed by atoms with Crippen molar-refractivity contribution in [1.82, 2.24) is 0 Å². The van der Waals surface area contributed by atoms with E-state index in [9.17, 15) is 0 Å². The van der Waals surface area contributed by atoms with Crippen LogP contribution in [-0.2, 0) is 0 Å². The first kappa shape index (κ1) is 28.1. The predicted octanol–water partition coefficient (Wildman–Crippen LogP) is 4.49. The molecule has 22 heavy (non-hydrogen) atoms. The second-order valence-corrected chi connectivity index (χ2v) is 6.51. The summed E-state index contributed by atoms with van der Waals surface area (Å²) in [5.41, 5.74) is 0. The summed E-state index contributed by atoms with van der Waals surface area (Å²) in [5, 5.41) is 0. The molecular weight excluding hydrogens is 344 g/mol. The third-order valence-electron chi connectivity index (χ3n) is 4.35. The maximum Gasteiger partial charge on any atom is 2.00 e. The second kappa shape index (κ2) is 27.1. The molecule has 0 fully saturated rings. The Balaban J connectivity index is -0.00000180. The van der Waals surface area contributed by atoms with Crippen molar-refractivity contribution in [3.63, 3.8) is 0 Å². The number of rotatable bonds is 17. The van der Waals surface area contributed by atoms with Crippen molar-refractivity contribution < 1.29 is 17.0 Å². The molecule has 0 bridgehead atoms. The van der Waals surface area contributed by atoms with Gasteiger partial charge in [-0.25, -0.2) is 0 Å². The molecule has 2 heteroatoms. The monoisotopic (exact) mass is 384 g/mol. The van der Waals surface area contributed by atoms with Gasteiger partial charge in [0.15, 0.2) is 0 Å². The van der Waals surface area contributed by atoms with Crippen LogP contribution in [0.5, 0.6) is 0 Å². The Morgan fingerprint density at radius 3 is 0.909 bits per heavy atom. The van der Waals surface area contributed by atoms with Gasteiger partial charge in [-0.05, 0) is 0 Å². The largest absolute Gasteiger partial charge is 2.00 e. The first-order valence-electron chi connectivity index (χ1n) is 9.71. The van der Waals surface area contributed by atoms with Gasteiger partial charge >= 0.3 is 23.1 Å². The zero-order valence-electron chi connectivity index (χ0n) is 15.5. The Labute approximate surface area is 168 Å². The van der Waals surface area contributed by atoms with Gasteiger partial charge in [0.05, 0.1) is 0 Å². The zero-order chi connectivity index (χ0) is 14.7. The molecular formula is C20H41BrMg. The van der Waals surface area contributed by atoms with Gasteiger partial charge < -0.3 is 23.9 Å². The quantitative estimate of drug-likeness (QED) is 0.197. The molecule has 0 saturated heterocycles. The van der Waals surface area contributed by atoms with E-state index < -0.39 is 0 Å². The van der Waals surface area contributed by atoms with E-state index in [2.05, 4.69) is 13.8 Å². The summed E-state index contributed by atoms with van der Waals surface area (Å²) in [5.74, 6) is 0. The summed E-state index contributed by atoms with van der Waals surface area (Å²) in [6.45, 7) is 6.19. The van der Waals surface area contributed by atoms with Gasteiger partial charge in [0.2, 0.25) is 0 Å². The van der Waals surface area contributed by atoms with E-state index in [1.54, 1.807) is 0 Å². The number of halogens is 1. The van der Waals surface area contributed by atoms with Gasteiger partial charge in [-0.15, -0.1) is 0 Å². The molecule has 0 unspecified atom stereocenters. The van der Waals surface area contributed by atoms with Gasteiger partial charge in [-0.1, -0.05) is 116 Å². The van der Waals surface area contributed by atoms with Crippen molar-refractivity contribution in [2.45, 2.75) is 122 Å². The minimum Gasteiger partial charge on any atom is -1.00 e. The van der Waals surface area contributed by atoms with Crippen molar-refractivity contribution in [2.24, 2.45) is 0 Å². The third kappa shape index (κ3) is 26.2. The van der Waals surface area contributed by atoms with Crippen LogP contribution >= 0.6 is 0 Å². The average molecular weight is 386 g/mol. The summed E-state index contributed by atoms with van der Waals surface area (Å²) in [6, 6.07) is 0. The molecule has 0 N–H and O–H groups in total. The Kier molecular flexibility index (Phi) is 34.6. The zero-order valence-corrected chi connectivity index (χ0v) is 18.5. The summed E-state index contributed by atoms with van der Waals surface area (Å²) >= 11 is 0. The van der Waals surface area contributed by atoms with Crippen LogP contribution in [0.15, 0.2) is 0 Å². The molecule has 0 nitrogen and oxygen atoms in total.